The number of hydrogen-bond donors (Lipinski definition) is 2. The molecule has 0 saturated heterocycles. The van der Waals surface area contributed by atoms with E-state index in [1.54, 1.807) is 7.05 Å². The molecule has 4 nitrogen and oxygen atoms in total. The molecule has 0 bridgehead atoms. The van der Waals surface area contributed by atoms with E-state index >= 15 is 0 Å². The molecule has 0 amide bonds. The van der Waals surface area contributed by atoms with Gasteiger partial charge in [0.05, 0.1) is 4.90 Å². The predicted octanol–water partition coefficient (Wildman–Crippen LogP) is 2.01. The number of benzene rings is 1. The van der Waals surface area contributed by atoms with E-state index in [9.17, 15) is 12.8 Å². The van der Waals surface area contributed by atoms with Gasteiger partial charge in [-0.2, -0.15) is 0 Å². The number of halogens is 1. The van der Waals surface area contributed by atoms with Gasteiger partial charge in [-0.1, -0.05) is 13.0 Å². The second kappa shape index (κ2) is 5.79. The summed E-state index contributed by atoms with van der Waals surface area (Å²) in [6, 6.07) is 3.87. The molecule has 2 N–H and O–H groups in total. The van der Waals surface area contributed by atoms with Crippen LogP contribution in [0, 0.1) is 11.2 Å². The van der Waals surface area contributed by atoms with Crippen LogP contribution in [0.3, 0.4) is 0 Å². The fraction of sp³-hybridized carbons (Fsp3) is 0.571. The maximum atomic E-state index is 13.4. The Morgan fingerprint density at radius 3 is 2.60 bits per heavy atom. The van der Waals surface area contributed by atoms with Gasteiger partial charge < -0.3 is 5.32 Å². The van der Waals surface area contributed by atoms with Gasteiger partial charge in [-0.05, 0) is 49.4 Å². The van der Waals surface area contributed by atoms with Crippen LogP contribution in [0.15, 0.2) is 23.1 Å². The predicted molar refractivity (Wildman–Crippen MR) is 76.3 cm³/mol. The van der Waals surface area contributed by atoms with Crippen molar-refractivity contribution in [1.82, 2.24) is 10.0 Å². The van der Waals surface area contributed by atoms with E-state index in [1.807, 2.05) is 0 Å². The van der Waals surface area contributed by atoms with Crippen LogP contribution in [0.2, 0.25) is 0 Å². The van der Waals surface area contributed by atoms with E-state index in [0.717, 1.165) is 25.3 Å². The van der Waals surface area contributed by atoms with Crippen molar-refractivity contribution in [2.75, 3.05) is 13.6 Å². The number of sulfonamides is 1. The standard InChI is InChI=1S/C14H21FN2O2S/c1-3-14(6-7-14)10-17-20(18,19)13-8-12(15)5-4-11(13)9-16-2/h4-5,8,16-17H,3,6-7,9-10H2,1-2H3. The highest BCUT2D eigenvalue weighted by Gasteiger charge is 2.41. The second-order valence-corrected chi connectivity index (χ2v) is 7.20. The third-order valence-electron chi connectivity index (χ3n) is 4.03. The fourth-order valence-corrected chi connectivity index (χ4v) is 3.68. The van der Waals surface area contributed by atoms with Gasteiger partial charge in [0.25, 0.3) is 0 Å². The van der Waals surface area contributed by atoms with Crippen molar-refractivity contribution in [1.29, 1.82) is 0 Å². The first-order valence-corrected chi connectivity index (χ1v) is 8.33. The summed E-state index contributed by atoms with van der Waals surface area (Å²) in [7, 11) is -1.94. The monoisotopic (exact) mass is 300 g/mol. The molecule has 20 heavy (non-hydrogen) atoms. The molecular formula is C14H21FN2O2S. The maximum Gasteiger partial charge on any atom is 0.241 e. The Morgan fingerprint density at radius 2 is 2.05 bits per heavy atom. The van der Waals surface area contributed by atoms with Crippen LogP contribution in [-0.4, -0.2) is 22.0 Å². The molecule has 0 radical (unpaired) electrons. The summed E-state index contributed by atoms with van der Waals surface area (Å²) in [4.78, 5) is 0.0266. The molecule has 0 spiro atoms. The Morgan fingerprint density at radius 1 is 1.35 bits per heavy atom. The van der Waals surface area contributed by atoms with Gasteiger partial charge in [0.2, 0.25) is 10.0 Å². The first-order chi connectivity index (χ1) is 9.42. The topological polar surface area (TPSA) is 58.2 Å². The van der Waals surface area contributed by atoms with E-state index in [2.05, 4.69) is 17.0 Å². The molecule has 0 heterocycles. The molecular weight excluding hydrogens is 279 g/mol. The van der Waals surface area contributed by atoms with Crippen molar-refractivity contribution in [3.63, 3.8) is 0 Å². The van der Waals surface area contributed by atoms with Gasteiger partial charge in [-0.3, -0.25) is 0 Å². The third-order valence-corrected chi connectivity index (χ3v) is 5.51. The van der Waals surface area contributed by atoms with Crippen LogP contribution in [0.4, 0.5) is 4.39 Å². The van der Waals surface area contributed by atoms with Gasteiger partial charge in [-0.25, -0.2) is 17.5 Å². The number of rotatable bonds is 7. The SMILES string of the molecule is CCC1(CNS(=O)(=O)c2cc(F)ccc2CNC)CC1. The van der Waals surface area contributed by atoms with Crippen molar-refractivity contribution in [2.45, 2.75) is 37.6 Å². The summed E-state index contributed by atoms with van der Waals surface area (Å²) in [6.07, 6.45) is 3.07. The Balaban J connectivity index is 2.21. The average molecular weight is 300 g/mol. The Labute approximate surface area is 119 Å². The average Bonchev–Trinajstić information content (AvgIpc) is 3.20. The van der Waals surface area contributed by atoms with Gasteiger partial charge in [0.15, 0.2) is 0 Å². The van der Waals surface area contributed by atoms with Crippen LogP contribution in [0.5, 0.6) is 0 Å². The quantitative estimate of drug-likeness (QED) is 0.810. The van der Waals surface area contributed by atoms with Crippen molar-refractivity contribution < 1.29 is 12.8 Å². The molecule has 1 aromatic rings. The largest absolute Gasteiger partial charge is 0.316 e. The second-order valence-electron chi connectivity index (χ2n) is 5.46. The smallest absolute Gasteiger partial charge is 0.241 e. The lowest BCUT2D eigenvalue weighted by molar-refractivity contribution is 0.475. The van der Waals surface area contributed by atoms with Crippen LogP contribution >= 0.6 is 0 Å². The van der Waals surface area contributed by atoms with Crippen molar-refractivity contribution >= 4 is 10.0 Å². The molecule has 2 rings (SSSR count). The van der Waals surface area contributed by atoms with Gasteiger partial charge in [0.1, 0.15) is 5.82 Å². The minimum absolute atomic E-state index is 0.0266. The maximum absolute atomic E-state index is 13.4. The highest BCUT2D eigenvalue weighted by atomic mass is 32.2. The zero-order valence-corrected chi connectivity index (χ0v) is 12.7. The minimum Gasteiger partial charge on any atom is -0.316 e. The molecule has 1 aliphatic carbocycles. The zero-order chi connectivity index (χ0) is 14.8. The zero-order valence-electron chi connectivity index (χ0n) is 11.9. The van der Waals surface area contributed by atoms with Gasteiger partial charge in [0, 0.05) is 13.1 Å². The Bertz CT molecular complexity index is 583. The van der Waals surface area contributed by atoms with E-state index in [0.29, 0.717) is 18.7 Å². The molecule has 0 atom stereocenters. The molecule has 0 aliphatic heterocycles. The van der Waals surface area contributed by atoms with Gasteiger partial charge >= 0.3 is 0 Å². The van der Waals surface area contributed by atoms with E-state index in [4.69, 9.17) is 0 Å². The number of nitrogens with one attached hydrogen (secondary N) is 2. The molecule has 6 heteroatoms. The highest BCUT2D eigenvalue weighted by molar-refractivity contribution is 7.89. The summed E-state index contributed by atoms with van der Waals surface area (Å²) < 4.78 is 40.7. The third kappa shape index (κ3) is 3.37. The summed E-state index contributed by atoms with van der Waals surface area (Å²) in [6.45, 7) is 2.88. The van der Waals surface area contributed by atoms with Crippen LogP contribution < -0.4 is 10.0 Å². The number of hydrogen-bond acceptors (Lipinski definition) is 3. The fourth-order valence-electron chi connectivity index (χ4n) is 2.27. The van der Waals surface area contributed by atoms with Crippen molar-refractivity contribution in [3.05, 3.63) is 29.6 Å². The first-order valence-electron chi connectivity index (χ1n) is 6.85. The molecule has 1 aliphatic rings. The van der Waals surface area contributed by atoms with E-state index in [-0.39, 0.29) is 10.3 Å². The van der Waals surface area contributed by atoms with Crippen LogP contribution in [0.1, 0.15) is 31.7 Å². The minimum atomic E-state index is -3.67. The normalized spacial score (nSPS) is 17.1. The van der Waals surface area contributed by atoms with Crippen molar-refractivity contribution in [3.8, 4) is 0 Å². The van der Waals surface area contributed by atoms with Crippen LogP contribution in [0.25, 0.3) is 0 Å². The summed E-state index contributed by atoms with van der Waals surface area (Å²) in [5.41, 5.74) is 0.687. The highest BCUT2D eigenvalue weighted by Crippen LogP contribution is 2.48. The lowest BCUT2D eigenvalue weighted by Crippen LogP contribution is -2.31. The molecule has 1 saturated carbocycles. The molecule has 112 valence electrons. The first kappa shape index (κ1) is 15.4. The molecule has 0 aromatic heterocycles. The van der Waals surface area contributed by atoms with E-state index in [1.165, 1.54) is 12.1 Å². The molecule has 1 aromatic carbocycles. The Kier molecular flexibility index (Phi) is 4.46. The lowest BCUT2D eigenvalue weighted by Gasteiger charge is -2.15. The molecule has 1 fully saturated rings. The summed E-state index contributed by atoms with van der Waals surface area (Å²) in [5.74, 6) is -0.540. The summed E-state index contributed by atoms with van der Waals surface area (Å²) >= 11 is 0. The van der Waals surface area contributed by atoms with Crippen LogP contribution in [-0.2, 0) is 16.6 Å². The van der Waals surface area contributed by atoms with Gasteiger partial charge in [-0.15, -0.1) is 0 Å². The lowest BCUT2D eigenvalue weighted by atomic mass is 10.1. The van der Waals surface area contributed by atoms with Crippen molar-refractivity contribution in [2.24, 2.45) is 5.41 Å². The van der Waals surface area contributed by atoms with E-state index < -0.39 is 15.8 Å². The molecule has 0 unspecified atom stereocenters. The summed E-state index contributed by atoms with van der Waals surface area (Å²) in [5, 5.41) is 2.90. The Hall–Kier alpha value is -0.980.